The Hall–Kier alpha value is -0.960. The zero-order valence-corrected chi connectivity index (χ0v) is 10.6. The lowest BCUT2D eigenvalue weighted by atomic mass is 10.1. The lowest BCUT2D eigenvalue weighted by molar-refractivity contribution is 0.652. The molecule has 0 bridgehead atoms. The van der Waals surface area contributed by atoms with Crippen LogP contribution in [0.25, 0.3) is 0 Å². The van der Waals surface area contributed by atoms with Gasteiger partial charge in [0.2, 0.25) is 0 Å². The van der Waals surface area contributed by atoms with Crippen LogP contribution in [0.1, 0.15) is 67.4 Å². The van der Waals surface area contributed by atoms with E-state index in [1.807, 2.05) is 7.05 Å². The van der Waals surface area contributed by atoms with Crippen LogP contribution in [0.4, 0.5) is 0 Å². The lowest BCUT2D eigenvalue weighted by Gasteiger charge is -2.12. The molecule has 0 spiro atoms. The zero-order chi connectivity index (χ0) is 11.7. The van der Waals surface area contributed by atoms with Crippen LogP contribution >= 0.6 is 0 Å². The van der Waals surface area contributed by atoms with Crippen molar-refractivity contribution in [2.24, 2.45) is 0 Å². The van der Waals surface area contributed by atoms with Gasteiger partial charge in [-0.3, -0.25) is 0 Å². The standard InChI is InChI=1S/C14H21N3/c1-15-8-12-9-16-14(11-4-2-3-5-11)17-13(12)10-6-7-10/h9-11,15H,2-8H2,1H3. The summed E-state index contributed by atoms with van der Waals surface area (Å²) in [6.07, 6.45) is 9.97. The Morgan fingerprint density at radius 3 is 2.59 bits per heavy atom. The van der Waals surface area contributed by atoms with E-state index in [-0.39, 0.29) is 0 Å². The molecule has 1 aromatic heterocycles. The molecule has 2 saturated carbocycles. The molecule has 0 aromatic carbocycles. The van der Waals surface area contributed by atoms with Crippen molar-refractivity contribution in [3.63, 3.8) is 0 Å². The highest BCUT2D eigenvalue weighted by Crippen LogP contribution is 2.41. The van der Waals surface area contributed by atoms with Crippen molar-refractivity contribution in [1.82, 2.24) is 15.3 Å². The van der Waals surface area contributed by atoms with E-state index < -0.39 is 0 Å². The molecule has 3 nitrogen and oxygen atoms in total. The van der Waals surface area contributed by atoms with Crippen LogP contribution in [0.3, 0.4) is 0 Å². The van der Waals surface area contributed by atoms with Gasteiger partial charge in [0.05, 0.1) is 5.69 Å². The molecular formula is C14H21N3. The Bertz CT molecular complexity index is 392. The predicted molar refractivity (Wildman–Crippen MR) is 68.0 cm³/mol. The van der Waals surface area contributed by atoms with Gasteiger partial charge in [-0.25, -0.2) is 9.97 Å². The molecule has 0 atom stereocenters. The van der Waals surface area contributed by atoms with Crippen LogP contribution in [-0.2, 0) is 6.54 Å². The maximum Gasteiger partial charge on any atom is 0.131 e. The van der Waals surface area contributed by atoms with Gasteiger partial charge in [-0.1, -0.05) is 12.8 Å². The first-order chi connectivity index (χ1) is 8.38. The fourth-order valence-electron chi connectivity index (χ4n) is 2.85. The molecule has 17 heavy (non-hydrogen) atoms. The Morgan fingerprint density at radius 1 is 1.18 bits per heavy atom. The summed E-state index contributed by atoms with van der Waals surface area (Å²) in [5.74, 6) is 2.47. The molecule has 0 saturated heterocycles. The van der Waals surface area contributed by atoms with Crippen LogP contribution in [0, 0.1) is 0 Å². The van der Waals surface area contributed by atoms with Gasteiger partial charge in [-0.2, -0.15) is 0 Å². The number of rotatable bonds is 4. The van der Waals surface area contributed by atoms with E-state index >= 15 is 0 Å². The van der Waals surface area contributed by atoms with Gasteiger partial charge in [0, 0.05) is 30.1 Å². The Labute approximate surface area is 103 Å². The molecule has 0 unspecified atom stereocenters. The van der Waals surface area contributed by atoms with Gasteiger partial charge in [0.25, 0.3) is 0 Å². The summed E-state index contributed by atoms with van der Waals surface area (Å²) in [6.45, 7) is 0.900. The van der Waals surface area contributed by atoms with Gasteiger partial charge >= 0.3 is 0 Å². The average Bonchev–Trinajstić information content (AvgIpc) is 3.05. The van der Waals surface area contributed by atoms with Crippen LogP contribution in [0.2, 0.25) is 0 Å². The minimum Gasteiger partial charge on any atom is -0.316 e. The van der Waals surface area contributed by atoms with E-state index in [1.165, 1.54) is 49.8 Å². The summed E-state index contributed by atoms with van der Waals surface area (Å²) < 4.78 is 0. The molecule has 0 radical (unpaired) electrons. The SMILES string of the molecule is CNCc1cnc(C2CCCC2)nc1C1CC1. The third-order valence-electron chi connectivity index (χ3n) is 3.97. The number of hydrogen-bond donors (Lipinski definition) is 1. The summed E-state index contributed by atoms with van der Waals surface area (Å²) in [5.41, 5.74) is 2.63. The highest BCUT2D eigenvalue weighted by Gasteiger charge is 2.29. The summed E-state index contributed by atoms with van der Waals surface area (Å²) >= 11 is 0. The molecule has 92 valence electrons. The van der Waals surface area contributed by atoms with Gasteiger partial charge in [-0.15, -0.1) is 0 Å². The van der Waals surface area contributed by atoms with Crippen molar-refractivity contribution in [2.75, 3.05) is 7.05 Å². The maximum absolute atomic E-state index is 4.88. The zero-order valence-electron chi connectivity index (χ0n) is 10.6. The quantitative estimate of drug-likeness (QED) is 0.865. The van der Waals surface area contributed by atoms with Crippen molar-refractivity contribution in [3.05, 3.63) is 23.3 Å². The first-order valence-electron chi connectivity index (χ1n) is 6.89. The van der Waals surface area contributed by atoms with Crippen LogP contribution in [0.5, 0.6) is 0 Å². The Balaban J connectivity index is 1.88. The predicted octanol–water partition coefficient (Wildman–Crippen LogP) is 2.73. The second-order valence-corrected chi connectivity index (χ2v) is 5.42. The topological polar surface area (TPSA) is 37.8 Å². The second-order valence-electron chi connectivity index (χ2n) is 5.42. The lowest BCUT2D eigenvalue weighted by Crippen LogP contribution is -2.12. The number of hydrogen-bond acceptors (Lipinski definition) is 3. The van der Waals surface area contributed by atoms with Gasteiger partial charge in [0.15, 0.2) is 0 Å². The minimum atomic E-state index is 0.635. The average molecular weight is 231 g/mol. The highest BCUT2D eigenvalue weighted by molar-refractivity contribution is 5.26. The molecule has 1 aromatic rings. The van der Waals surface area contributed by atoms with E-state index in [4.69, 9.17) is 4.98 Å². The van der Waals surface area contributed by atoms with Gasteiger partial charge in [0.1, 0.15) is 5.82 Å². The highest BCUT2D eigenvalue weighted by atomic mass is 14.9. The van der Waals surface area contributed by atoms with E-state index in [9.17, 15) is 0 Å². The molecule has 3 rings (SSSR count). The fraction of sp³-hybridized carbons (Fsp3) is 0.714. The van der Waals surface area contributed by atoms with Crippen molar-refractivity contribution in [1.29, 1.82) is 0 Å². The molecule has 0 amide bonds. The van der Waals surface area contributed by atoms with E-state index in [2.05, 4.69) is 16.5 Å². The van der Waals surface area contributed by atoms with Gasteiger partial charge in [-0.05, 0) is 32.7 Å². The fourth-order valence-corrected chi connectivity index (χ4v) is 2.85. The first kappa shape index (κ1) is 11.1. The molecule has 3 heteroatoms. The minimum absolute atomic E-state index is 0.635. The van der Waals surface area contributed by atoms with E-state index in [1.54, 1.807) is 0 Å². The first-order valence-corrected chi connectivity index (χ1v) is 6.89. The molecule has 1 N–H and O–H groups in total. The number of nitrogens with one attached hydrogen (secondary N) is 1. The molecule has 1 heterocycles. The molecular weight excluding hydrogens is 210 g/mol. The summed E-state index contributed by atoms with van der Waals surface area (Å²) in [5, 5.41) is 3.22. The number of aromatic nitrogens is 2. The molecule has 2 fully saturated rings. The molecule has 2 aliphatic carbocycles. The summed E-state index contributed by atoms with van der Waals surface area (Å²) in [7, 11) is 1.99. The third kappa shape index (κ3) is 2.34. The summed E-state index contributed by atoms with van der Waals surface area (Å²) in [6, 6.07) is 0. The van der Waals surface area contributed by atoms with E-state index in [0.29, 0.717) is 5.92 Å². The van der Waals surface area contributed by atoms with Crippen LogP contribution < -0.4 is 5.32 Å². The monoisotopic (exact) mass is 231 g/mol. The van der Waals surface area contributed by atoms with Crippen molar-refractivity contribution in [3.8, 4) is 0 Å². The third-order valence-corrected chi connectivity index (χ3v) is 3.97. The van der Waals surface area contributed by atoms with Gasteiger partial charge < -0.3 is 5.32 Å². The smallest absolute Gasteiger partial charge is 0.131 e. The second kappa shape index (κ2) is 4.73. The van der Waals surface area contributed by atoms with Crippen LogP contribution in [0.15, 0.2) is 6.20 Å². The number of nitrogens with zero attached hydrogens (tertiary/aromatic N) is 2. The van der Waals surface area contributed by atoms with E-state index in [0.717, 1.165) is 18.3 Å². The Kier molecular flexibility index (Phi) is 3.10. The maximum atomic E-state index is 4.88. The molecule has 2 aliphatic rings. The van der Waals surface area contributed by atoms with Crippen LogP contribution in [-0.4, -0.2) is 17.0 Å². The normalized spacial score (nSPS) is 21.0. The summed E-state index contributed by atoms with van der Waals surface area (Å²) in [4.78, 5) is 9.48. The van der Waals surface area contributed by atoms with Crippen molar-refractivity contribution >= 4 is 0 Å². The van der Waals surface area contributed by atoms with Crippen molar-refractivity contribution in [2.45, 2.75) is 56.9 Å². The largest absolute Gasteiger partial charge is 0.316 e. The van der Waals surface area contributed by atoms with Crippen molar-refractivity contribution < 1.29 is 0 Å². The molecule has 0 aliphatic heterocycles. The Morgan fingerprint density at radius 2 is 1.94 bits per heavy atom.